The van der Waals surface area contributed by atoms with Gasteiger partial charge in [-0.15, -0.1) is 0 Å². The van der Waals surface area contributed by atoms with E-state index in [-0.39, 0.29) is 11.8 Å². The minimum absolute atomic E-state index is 0.0285. The van der Waals surface area contributed by atoms with Crippen molar-refractivity contribution >= 4 is 11.6 Å². The van der Waals surface area contributed by atoms with E-state index in [4.69, 9.17) is 0 Å². The predicted octanol–water partition coefficient (Wildman–Crippen LogP) is 4.98. The van der Waals surface area contributed by atoms with Gasteiger partial charge < -0.3 is 5.32 Å². The Labute approximate surface area is 126 Å². The largest absolute Gasteiger partial charge is 0.416 e. The SMILES string of the molecule is O=C(Nc1ccccc1)c1cc(C(F)(F)F)cc(C(F)(F)F)c1. The van der Waals surface area contributed by atoms with Crippen LogP contribution in [0.25, 0.3) is 0 Å². The Morgan fingerprint density at radius 2 is 1.26 bits per heavy atom. The van der Waals surface area contributed by atoms with Gasteiger partial charge in [0, 0.05) is 11.3 Å². The fourth-order valence-electron chi connectivity index (χ4n) is 1.81. The van der Waals surface area contributed by atoms with Crippen LogP contribution in [0.15, 0.2) is 48.5 Å². The van der Waals surface area contributed by atoms with Crippen molar-refractivity contribution in [3.8, 4) is 0 Å². The van der Waals surface area contributed by atoms with Crippen LogP contribution < -0.4 is 5.32 Å². The van der Waals surface area contributed by atoms with Crippen molar-refractivity contribution in [3.05, 3.63) is 65.2 Å². The standard InChI is InChI=1S/C15H9F6NO/c16-14(17,18)10-6-9(7-11(8-10)15(19,20)21)13(23)22-12-4-2-1-3-5-12/h1-8H,(H,22,23). The van der Waals surface area contributed by atoms with Crippen molar-refractivity contribution in [1.29, 1.82) is 0 Å². The first kappa shape index (κ1) is 16.9. The van der Waals surface area contributed by atoms with Gasteiger partial charge in [0.05, 0.1) is 11.1 Å². The first-order valence-electron chi connectivity index (χ1n) is 6.23. The summed E-state index contributed by atoms with van der Waals surface area (Å²) in [6.07, 6.45) is -9.99. The molecule has 0 saturated carbocycles. The zero-order valence-electron chi connectivity index (χ0n) is 11.3. The van der Waals surface area contributed by atoms with Gasteiger partial charge in [-0.05, 0) is 30.3 Å². The Hall–Kier alpha value is -2.51. The maximum absolute atomic E-state index is 12.7. The number of halogens is 6. The Morgan fingerprint density at radius 3 is 1.70 bits per heavy atom. The van der Waals surface area contributed by atoms with Crippen LogP contribution >= 0.6 is 0 Å². The Bertz CT molecular complexity index is 674. The molecule has 0 atom stereocenters. The van der Waals surface area contributed by atoms with Crippen LogP contribution in [-0.2, 0) is 12.4 Å². The van der Waals surface area contributed by atoms with E-state index in [0.717, 1.165) is 0 Å². The van der Waals surface area contributed by atoms with Crippen LogP contribution in [0.5, 0.6) is 0 Å². The van der Waals surface area contributed by atoms with Gasteiger partial charge in [0.25, 0.3) is 5.91 Å². The molecular weight excluding hydrogens is 324 g/mol. The molecule has 2 nitrogen and oxygen atoms in total. The van der Waals surface area contributed by atoms with E-state index < -0.39 is 35.0 Å². The molecule has 0 aromatic heterocycles. The number of nitrogens with one attached hydrogen (secondary N) is 1. The van der Waals surface area contributed by atoms with Crippen molar-refractivity contribution in [2.45, 2.75) is 12.4 Å². The number of anilines is 1. The topological polar surface area (TPSA) is 29.1 Å². The summed E-state index contributed by atoms with van der Waals surface area (Å²) in [6, 6.07) is 8.40. The highest BCUT2D eigenvalue weighted by Crippen LogP contribution is 2.36. The lowest BCUT2D eigenvalue weighted by atomic mass is 10.0. The maximum atomic E-state index is 12.7. The van der Waals surface area contributed by atoms with E-state index >= 15 is 0 Å². The molecule has 122 valence electrons. The molecule has 0 heterocycles. The second-order valence-electron chi connectivity index (χ2n) is 4.61. The number of amides is 1. The molecule has 0 radical (unpaired) electrons. The second kappa shape index (κ2) is 5.94. The van der Waals surface area contributed by atoms with E-state index in [1.807, 2.05) is 0 Å². The van der Waals surface area contributed by atoms with Crippen LogP contribution in [0.2, 0.25) is 0 Å². The molecule has 0 fully saturated rings. The van der Waals surface area contributed by atoms with Crippen LogP contribution in [0, 0.1) is 0 Å². The highest BCUT2D eigenvalue weighted by molar-refractivity contribution is 6.04. The van der Waals surface area contributed by atoms with Crippen molar-refractivity contribution in [2.75, 3.05) is 5.32 Å². The Morgan fingerprint density at radius 1 is 0.783 bits per heavy atom. The van der Waals surface area contributed by atoms with E-state index in [1.165, 1.54) is 12.1 Å². The predicted molar refractivity (Wildman–Crippen MR) is 70.8 cm³/mol. The highest BCUT2D eigenvalue weighted by Gasteiger charge is 2.37. The van der Waals surface area contributed by atoms with Gasteiger partial charge in [0.15, 0.2) is 0 Å². The molecule has 23 heavy (non-hydrogen) atoms. The van der Waals surface area contributed by atoms with Crippen molar-refractivity contribution < 1.29 is 31.1 Å². The maximum Gasteiger partial charge on any atom is 0.416 e. The molecule has 0 spiro atoms. The van der Waals surface area contributed by atoms with Crippen LogP contribution in [0.4, 0.5) is 32.0 Å². The first-order valence-corrected chi connectivity index (χ1v) is 6.23. The van der Waals surface area contributed by atoms with Crippen molar-refractivity contribution in [2.24, 2.45) is 0 Å². The minimum Gasteiger partial charge on any atom is -0.322 e. The van der Waals surface area contributed by atoms with Crippen LogP contribution in [0.1, 0.15) is 21.5 Å². The average molecular weight is 333 g/mol. The van der Waals surface area contributed by atoms with Crippen molar-refractivity contribution in [3.63, 3.8) is 0 Å². The highest BCUT2D eigenvalue weighted by atomic mass is 19.4. The number of hydrogen-bond acceptors (Lipinski definition) is 1. The molecule has 2 aromatic rings. The lowest BCUT2D eigenvalue weighted by Crippen LogP contribution is -2.17. The van der Waals surface area contributed by atoms with Crippen LogP contribution in [-0.4, -0.2) is 5.91 Å². The molecule has 0 aliphatic heterocycles. The molecule has 0 aliphatic rings. The Kier molecular flexibility index (Phi) is 4.35. The number of rotatable bonds is 2. The number of para-hydroxylation sites is 1. The van der Waals surface area contributed by atoms with E-state index in [2.05, 4.69) is 5.32 Å². The molecule has 1 N–H and O–H groups in total. The van der Waals surface area contributed by atoms with Gasteiger partial charge in [-0.25, -0.2) is 0 Å². The van der Waals surface area contributed by atoms with Gasteiger partial charge in [-0.2, -0.15) is 26.3 Å². The summed E-state index contributed by atoms with van der Waals surface area (Å²) in [4.78, 5) is 11.9. The lowest BCUT2D eigenvalue weighted by Gasteiger charge is -2.14. The minimum atomic E-state index is -5.00. The molecular formula is C15H9F6NO. The zero-order valence-corrected chi connectivity index (χ0v) is 11.3. The first-order chi connectivity index (χ1) is 10.6. The summed E-state index contributed by atoms with van der Waals surface area (Å²) in [5.41, 5.74) is -3.55. The molecule has 2 aromatic carbocycles. The van der Waals surface area contributed by atoms with E-state index in [9.17, 15) is 31.1 Å². The number of carbonyl (C=O) groups is 1. The van der Waals surface area contributed by atoms with Gasteiger partial charge in [0.2, 0.25) is 0 Å². The van der Waals surface area contributed by atoms with E-state index in [0.29, 0.717) is 12.1 Å². The third-order valence-corrected chi connectivity index (χ3v) is 2.88. The van der Waals surface area contributed by atoms with E-state index in [1.54, 1.807) is 18.2 Å². The van der Waals surface area contributed by atoms with Crippen LogP contribution in [0.3, 0.4) is 0 Å². The molecule has 0 saturated heterocycles. The second-order valence-corrected chi connectivity index (χ2v) is 4.61. The molecule has 8 heteroatoms. The van der Waals surface area contributed by atoms with Gasteiger partial charge in [0.1, 0.15) is 0 Å². The van der Waals surface area contributed by atoms with Crippen molar-refractivity contribution in [1.82, 2.24) is 0 Å². The Balaban J connectivity index is 2.43. The van der Waals surface area contributed by atoms with Gasteiger partial charge in [-0.3, -0.25) is 4.79 Å². The lowest BCUT2D eigenvalue weighted by molar-refractivity contribution is -0.143. The summed E-state index contributed by atoms with van der Waals surface area (Å²) in [5.74, 6) is -1.06. The molecule has 1 amide bonds. The fourth-order valence-corrected chi connectivity index (χ4v) is 1.81. The molecule has 0 unspecified atom stereocenters. The summed E-state index contributed by atoms with van der Waals surface area (Å²) in [7, 11) is 0. The number of benzene rings is 2. The number of carbonyl (C=O) groups excluding carboxylic acids is 1. The zero-order chi connectivity index (χ0) is 17.3. The average Bonchev–Trinajstić information content (AvgIpc) is 2.46. The van der Waals surface area contributed by atoms with Gasteiger partial charge in [-0.1, -0.05) is 18.2 Å². The van der Waals surface area contributed by atoms with Gasteiger partial charge >= 0.3 is 12.4 Å². The third-order valence-electron chi connectivity index (χ3n) is 2.88. The monoisotopic (exact) mass is 333 g/mol. The smallest absolute Gasteiger partial charge is 0.322 e. The fraction of sp³-hybridized carbons (Fsp3) is 0.133. The number of alkyl halides is 6. The summed E-state index contributed by atoms with van der Waals surface area (Å²) in [6.45, 7) is 0. The molecule has 0 aliphatic carbocycles. The summed E-state index contributed by atoms with van der Waals surface area (Å²) in [5, 5.41) is 2.24. The third kappa shape index (κ3) is 4.24. The quantitative estimate of drug-likeness (QED) is 0.772. The normalized spacial score (nSPS) is 12.1. The summed E-state index contributed by atoms with van der Waals surface area (Å²) < 4.78 is 76.4. The number of hydrogen-bond donors (Lipinski definition) is 1. The summed E-state index contributed by atoms with van der Waals surface area (Å²) >= 11 is 0. The molecule has 2 rings (SSSR count). The molecule has 0 bridgehead atoms.